The number of rotatable bonds is 15. The topological polar surface area (TPSA) is 174 Å². The van der Waals surface area contributed by atoms with Crippen LogP contribution in [-0.2, 0) is 35.7 Å². The molecule has 1 saturated heterocycles. The van der Waals surface area contributed by atoms with Crippen LogP contribution in [0.2, 0.25) is 0 Å². The Kier molecular flexibility index (Phi) is 12.7. The minimum absolute atomic E-state index is 0.0479. The fraction of sp³-hybridized carbons (Fsp3) is 0.675. The van der Waals surface area contributed by atoms with Crippen LogP contribution in [-0.4, -0.2) is 91.0 Å². The van der Waals surface area contributed by atoms with Crippen molar-refractivity contribution >= 4 is 39.6 Å². The van der Waals surface area contributed by atoms with Gasteiger partial charge >= 0.3 is 6.03 Å². The summed E-state index contributed by atoms with van der Waals surface area (Å²) in [5.41, 5.74) is -0.0327. The number of sulfonamides is 1. The van der Waals surface area contributed by atoms with Crippen molar-refractivity contribution in [1.82, 2.24) is 30.5 Å². The Labute approximate surface area is 320 Å². The molecule has 1 aromatic carbocycles. The second-order valence-corrected chi connectivity index (χ2v) is 19.2. The number of unbranched alkanes of at least 4 members (excludes halogenated alkanes) is 1. The molecule has 4 N–H and O–H groups in total. The van der Waals surface area contributed by atoms with Crippen LogP contribution in [0, 0.1) is 28.6 Å². The zero-order valence-electron chi connectivity index (χ0n) is 32.8. The standard InChI is InChI=1S/C40H60N6O7S/c1-8-10-19-28(34(47)36(49)41-21-9-2)42-35(48)33-31-27(40(31,6)7)23-46(33)37(50)32(25-16-12-11-13-17-25)44-38(51)43-30(39(3,4)5)24-45-22-26-18-14-15-20-29(26)54(45,52)53/h9,14-15,18,20,25,27-28,30-33H,2,8,10-13,16-17,19,21-24H2,1,3-7H3,(H,41,49)(H,42,48)(H2,43,44,51)/t27-,28?,30?,31-,32?,33?/m1/s1. The summed E-state index contributed by atoms with van der Waals surface area (Å²) in [6, 6.07) is 2.90. The van der Waals surface area contributed by atoms with Crippen LogP contribution in [0.5, 0.6) is 0 Å². The first-order chi connectivity index (χ1) is 25.4. The van der Waals surface area contributed by atoms with Crippen molar-refractivity contribution in [3.8, 4) is 0 Å². The van der Waals surface area contributed by atoms with Crippen LogP contribution in [0.25, 0.3) is 0 Å². The molecule has 1 aromatic rings. The van der Waals surface area contributed by atoms with Gasteiger partial charge in [-0.1, -0.05) is 97.9 Å². The Morgan fingerprint density at radius 2 is 1.70 bits per heavy atom. The smallest absolute Gasteiger partial charge is 0.315 e. The summed E-state index contributed by atoms with van der Waals surface area (Å²) in [7, 11) is -3.74. The molecule has 6 atom stereocenters. The first-order valence-corrected chi connectivity index (χ1v) is 21.1. The summed E-state index contributed by atoms with van der Waals surface area (Å²) >= 11 is 0. The zero-order valence-corrected chi connectivity index (χ0v) is 33.6. The molecule has 54 heavy (non-hydrogen) atoms. The molecule has 14 heteroatoms. The second kappa shape index (κ2) is 16.5. The van der Waals surface area contributed by atoms with Crippen LogP contribution in [0.3, 0.4) is 0 Å². The molecule has 0 bridgehead atoms. The average molecular weight is 769 g/mol. The highest BCUT2D eigenvalue weighted by Crippen LogP contribution is 2.65. The number of nitrogens with zero attached hydrogens (tertiary/aromatic N) is 2. The molecule has 0 spiro atoms. The Hall–Kier alpha value is -3.78. The number of likely N-dealkylation sites (tertiary alicyclic amines) is 1. The van der Waals surface area contributed by atoms with Gasteiger partial charge in [0.15, 0.2) is 0 Å². The van der Waals surface area contributed by atoms with Crippen molar-refractivity contribution in [2.45, 2.75) is 129 Å². The van der Waals surface area contributed by atoms with Crippen molar-refractivity contribution < 1.29 is 32.4 Å². The molecule has 2 heterocycles. The number of hydrogen-bond acceptors (Lipinski definition) is 7. The molecule has 5 rings (SSSR count). The first-order valence-electron chi connectivity index (χ1n) is 19.6. The van der Waals surface area contributed by atoms with E-state index in [9.17, 15) is 32.4 Å². The minimum Gasteiger partial charge on any atom is -0.346 e. The summed E-state index contributed by atoms with van der Waals surface area (Å²) in [5, 5.41) is 11.4. The summed E-state index contributed by atoms with van der Waals surface area (Å²) < 4.78 is 28.2. The predicted molar refractivity (Wildman–Crippen MR) is 205 cm³/mol. The third-order valence-electron chi connectivity index (χ3n) is 12.2. The number of carbonyl (C=O) groups is 5. The van der Waals surface area contributed by atoms with E-state index in [1.165, 1.54) is 10.4 Å². The molecule has 2 aliphatic carbocycles. The molecule has 2 aliphatic heterocycles. The molecular formula is C40H60N6O7S. The van der Waals surface area contributed by atoms with Gasteiger partial charge < -0.3 is 26.2 Å². The van der Waals surface area contributed by atoms with Gasteiger partial charge in [0.25, 0.3) is 5.91 Å². The summed E-state index contributed by atoms with van der Waals surface area (Å²) in [5.74, 6) is -2.58. The molecule has 3 fully saturated rings. The van der Waals surface area contributed by atoms with Gasteiger partial charge in [-0.05, 0) is 59.5 Å². The van der Waals surface area contributed by atoms with E-state index in [-0.39, 0.29) is 60.0 Å². The molecule has 298 valence electrons. The monoisotopic (exact) mass is 768 g/mol. The van der Waals surface area contributed by atoms with Gasteiger partial charge in [0.2, 0.25) is 27.6 Å². The highest BCUT2D eigenvalue weighted by Gasteiger charge is 2.69. The molecule has 5 amide bonds. The van der Waals surface area contributed by atoms with E-state index in [0.29, 0.717) is 18.5 Å². The molecule has 0 aromatic heterocycles. The largest absolute Gasteiger partial charge is 0.346 e. The maximum atomic E-state index is 14.7. The Morgan fingerprint density at radius 3 is 2.33 bits per heavy atom. The number of piperidine rings is 1. The van der Waals surface area contributed by atoms with Gasteiger partial charge in [-0.25, -0.2) is 13.2 Å². The summed E-state index contributed by atoms with van der Waals surface area (Å²) in [6.07, 6.45) is 7.45. The van der Waals surface area contributed by atoms with Crippen molar-refractivity contribution in [3.63, 3.8) is 0 Å². The highest BCUT2D eigenvalue weighted by molar-refractivity contribution is 7.89. The minimum atomic E-state index is -3.74. The highest BCUT2D eigenvalue weighted by atomic mass is 32.2. The third kappa shape index (κ3) is 8.69. The van der Waals surface area contributed by atoms with E-state index >= 15 is 0 Å². The number of nitrogens with one attached hydrogen (secondary N) is 4. The summed E-state index contributed by atoms with van der Waals surface area (Å²) in [6.45, 7) is 16.2. The van der Waals surface area contributed by atoms with Crippen LogP contribution >= 0.6 is 0 Å². The zero-order chi connectivity index (χ0) is 39.6. The van der Waals surface area contributed by atoms with Crippen molar-refractivity contribution in [3.05, 3.63) is 42.5 Å². The maximum Gasteiger partial charge on any atom is 0.315 e. The average Bonchev–Trinajstić information content (AvgIpc) is 3.38. The number of amides is 5. The predicted octanol–water partition coefficient (Wildman–Crippen LogP) is 3.88. The van der Waals surface area contributed by atoms with E-state index in [2.05, 4.69) is 41.7 Å². The van der Waals surface area contributed by atoms with E-state index in [1.54, 1.807) is 29.2 Å². The number of benzene rings is 1. The van der Waals surface area contributed by atoms with Gasteiger partial charge in [0, 0.05) is 32.2 Å². The lowest BCUT2D eigenvalue weighted by Gasteiger charge is -2.38. The lowest BCUT2D eigenvalue weighted by molar-refractivity contribution is -0.144. The van der Waals surface area contributed by atoms with Crippen LogP contribution in [0.1, 0.15) is 98.5 Å². The normalized spacial score (nSPS) is 24.6. The van der Waals surface area contributed by atoms with Gasteiger partial charge in [0.1, 0.15) is 12.1 Å². The fourth-order valence-electron chi connectivity index (χ4n) is 8.73. The van der Waals surface area contributed by atoms with Gasteiger partial charge in [0.05, 0.1) is 10.9 Å². The van der Waals surface area contributed by atoms with Crippen LogP contribution in [0.4, 0.5) is 4.79 Å². The Morgan fingerprint density at radius 1 is 1.02 bits per heavy atom. The number of carbonyl (C=O) groups excluding carboxylic acids is 5. The SMILES string of the molecule is C=CCNC(=O)C(=O)C(CCCC)NC(=O)C1[C@H]2[C@@H](CN1C(=O)C(NC(=O)NC(CN1Cc3ccccc3S1(=O)=O)C(C)(C)C)C1CCCCC1)C2(C)C. The molecule has 2 saturated carbocycles. The van der Waals surface area contributed by atoms with Gasteiger partial charge in [-0.2, -0.15) is 4.31 Å². The van der Waals surface area contributed by atoms with E-state index in [0.717, 1.165) is 38.5 Å². The molecular weight excluding hydrogens is 709 g/mol. The van der Waals surface area contributed by atoms with Crippen molar-refractivity contribution in [2.24, 2.45) is 28.6 Å². The third-order valence-corrected chi connectivity index (χ3v) is 14.1. The first kappa shape index (κ1) is 41.4. The fourth-order valence-corrected chi connectivity index (χ4v) is 10.4. The van der Waals surface area contributed by atoms with E-state index in [1.807, 2.05) is 27.7 Å². The Bertz CT molecular complexity index is 1720. The number of fused-ring (bicyclic) bond motifs is 2. The molecule has 4 aliphatic rings. The number of hydrogen-bond donors (Lipinski definition) is 4. The van der Waals surface area contributed by atoms with Crippen LogP contribution in [0.15, 0.2) is 41.8 Å². The molecule has 13 nitrogen and oxygen atoms in total. The summed E-state index contributed by atoms with van der Waals surface area (Å²) in [4.78, 5) is 70.6. The second-order valence-electron chi connectivity index (χ2n) is 17.3. The Balaban J connectivity index is 1.35. The lowest BCUT2D eigenvalue weighted by atomic mass is 9.83. The van der Waals surface area contributed by atoms with E-state index in [4.69, 9.17) is 0 Å². The quantitative estimate of drug-likeness (QED) is 0.155. The number of Topliss-reactive ketones (excluding diaryl/α,β-unsaturated/α-hetero) is 1. The maximum absolute atomic E-state index is 14.7. The lowest BCUT2D eigenvalue weighted by Crippen LogP contribution is -2.61. The molecule has 4 unspecified atom stereocenters. The van der Waals surface area contributed by atoms with Crippen LogP contribution < -0.4 is 21.3 Å². The van der Waals surface area contributed by atoms with Gasteiger partial charge in [-0.15, -0.1) is 6.58 Å². The molecule has 0 radical (unpaired) electrons. The van der Waals surface area contributed by atoms with E-state index < -0.39 is 63.2 Å². The van der Waals surface area contributed by atoms with Crippen molar-refractivity contribution in [2.75, 3.05) is 19.6 Å². The van der Waals surface area contributed by atoms with Crippen molar-refractivity contribution in [1.29, 1.82) is 0 Å². The van der Waals surface area contributed by atoms with Gasteiger partial charge in [-0.3, -0.25) is 19.2 Å². The number of ketones is 1. The number of urea groups is 1.